The summed E-state index contributed by atoms with van der Waals surface area (Å²) in [4.78, 5) is 2.27. The number of benzene rings is 1. The molecule has 0 atom stereocenters. The van der Waals surface area contributed by atoms with Gasteiger partial charge in [-0.1, -0.05) is 0 Å². The maximum atomic E-state index is 9.01. The molecule has 0 amide bonds. The van der Waals surface area contributed by atoms with Crippen LogP contribution in [0.5, 0.6) is 11.5 Å². The van der Waals surface area contributed by atoms with Crippen LogP contribution >= 0.6 is 0 Å². The molecule has 1 N–H and O–H groups in total. The summed E-state index contributed by atoms with van der Waals surface area (Å²) in [5.74, 6) is 1.76. The molecule has 4 heteroatoms. The highest BCUT2D eigenvalue weighted by atomic mass is 16.5. The Morgan fingerprint density at radius 1 is 1.11 bits per heavy atom. The third-order valence-corrected chi connectivity index (χ3v) is 3.58. The SMILES string of the molecule is OCCN1CCc2cc3c(cc2C1)OCCCO3. The van der Waals surface area contributed by atoms with Gasteiger partial charge >= 0.3 is 0 Å². The van der Waals surface area contributed by atoms with Gasteiger partial charge in [0.05, 0.1) is 19.8 Å². The van der Waals surface area contributed by atoms with Crippen LogP contribution in [0.25, 0.3) is 0 Å². The molecule has 98 valence electrons. The van der Waals surface area contributed by atoms with Gasteiger partial charge in [-0.15, -0.1) is 0 Å². The Labute approximate surface area is 107 Å². The molecule has 2 aliphatic heterocycles. The summed E-state index contributed by atoms with van der Waals surface area (Å²) in [5, 5.41) is 9.01. The van der Waals surface area contributed by atoms with Gasteiger partial charge in [-0.25, -0.2) is 0 Å². The lowest BCUT2D eigenvalue weighted by atomic mass is 9.99. The van der Waals surface area contributed by atoms with Gasteiger partial charge in [0.15, 0.2) is 11.5 Å². The van der Waals surface area contributed by atoms with Gasteiger partial charge in [0, 0.05) is 26.1 Å². The number of fused-ring (bicyclic) bond motifs is 2. The number of ether oxygens (including phenoxy) is 2. The second-order valence-electron chi connectivity index (χ2n) is 4.87. The van der Waals surface area contributed by atoms with Crippen molar-refractivity contribution in [3.05, 3.63) is 23.3 Å². The van der Waals surface area contributed by atoms with Gasteiger partial charge in [0.25, 0.3) is 0 Å². The zero-order chi connectivity index (χ0) is 12.4. The molecule has 0 unspecified atom stereocenters. The predicted octanol–water partition coefficient (Wildman–Crippen LogP) is 1.20. The summed E-state index contributed by atoms with van der Waals surface area (Å²) in [6, 6.07) is 4.24. The first-order valence-corrected chi connectivity index (χ1v) is 6.61. The van der Waals surface area contributed by atoms with E-state index >= 15 is 0 Å². The fourth-order valence-electron chi connectivity index (χ4n) is 2.60. The fraction of sp³-hybridized carbons (Fsp3) is 0.571. The van der Waals surface area contributed by atoms with Crippen LogP contribution in [0.4, 0.5) is 0 Å². The molecule has 2 heterocycles. The first kappa shape index (κ1) is 11.8. The molecular formula is C14H19NO3. The highest BCUT2D eigenvalue weighted by Gasteiger charge is 2.20. The molecule has 18 heavy (non-hydrogen) atoms. The van der Waals surface area contributed by atoms with E-state index in [2.05, 4.69) is 17.0 Å². The Bertz CT molecular complexity index is 433. The number of β-amino-alcohol motifs (C(OH)–C–C–N with tert-alkyl or cyclic N) is 1. The molecule has 0 aromatic heterocycles. The van der Waals surface area contributed by atoms with Crippen LogP contribution < -0.4 is 9.47 Å². The van der Waals surface area contributed by atoms with Crippen molar-refractivity contribution >= 4 is 0 Å². The first-order chi connectivity index (χ1) is 8.86. The minimum absolute atomic E-state index is 0.222. The van der Waals surface area contributed by atoms with Gasteiger partial charge in [-0.3, -0.25) is 4.90 Å². The molecule has 2 aliphatic rings. The summed E-state index contributed by atoms with van der Waals surface area (Å²) in [6.07, 6.45) is 1.96. The van der Waals surface area contributed by atoms with E-state index in [1.807, 2.05) is 0 Å². The summed E-state index contributed by atoms with van der Waals surface area (Å²) < 4.78 is 11.4. The first-order valence-electron chi connectivity index (χ1n) is 6.61. The van der Waals surface area contributed by atoms with Crippen molar-refractivity contribution in [3.8, 4) is 11.5 Å². The van der Waals surface area contributed by atoms with Crippen LogP contribution in [0.3, 0.4) is 0 Å². The molecular weight excluding hydrogens is 230 g/mol. The second-order valence-corrected chi connectivity index (χ2v) is 4.87. The molecule has 0 fully saturated rings. The maximum Gasteiger partial charge on any atom is 0.161 e. The minimum atomic E-state index is 0.222. The Morgan fingerprint density at radius 3 is 2.56 bits per heavy atom. The number of aliphatic hydroxyl groups excluding tert-OH is 1. The van der Waals surface area contributed by atoms with Gasteiger partial charge < -0.3 is 14.6 Å². The Balaban J connectivity index is 1.86. The lowest BCUT2D eigenvalue weighted by molar-refractivity contribution is 0.184. The number of hydrogen-bond donors (Lipinski definition) is 1. The number of rotatable bonds is 2. The van der Waals surface area contributed by atoms with E-state index in [0.29, 0.717) is 0 Å². The second kappa shape index (κ2) is 5.16. The monoisotopic (exact) mass is 249 g/mol. The Hall–Kier alpha value is -1.26. The molecule has 4 nitrogen and oxygen atoms in total. The van der Waals surface area contributed by atoms with Crippen molar-refractivity contribution in [1.82, 2.24) is 4.90 Å². The van der Waals surface area contributed by atoms with Crippen LogP contribution in [0.1, 0.15) is 17.5 Å². The molecule has 0 saturated heterocycles. The fourth-order valence-corrected chi connectivity index (χ4v) is 2.60. The highest BCUT2D eigenvalue weighted by molar-refractivity contribution is 5.48. The summed E-state index contributed by atoms with van der Waals surface area (Å²) in [6.45, 7) is 4.34. The molecule has 0 bridgehead atoms. The highest BCUT2D eigenvalue weighted by Crippen LogP contribution is 2.34. The van der Waals surface area contributed by atoms with E-state index in [1.165, 1.54) is 11.1 Å². The van der Waals surface area contributed by atoms with Gasteiger partial charge in [-0.05, 0) is 29.7 Å². The van der Waals surface area contributed by atoms with Gasteiger partial charge in [0.2, 0.25) is 0 Å². The Kier molecular flexibility index (Phi) is 3.39. The summed E-state index contributed by atoms with van der Waals surface area (Å²) >= 11 is 0. The topological polar surface area (TPSA) is 41.9 Å². The number of nitrogens with zero attached hydrogens (tertiary/aromatic N) is 1. The number of aliphatic hydroxyl groups is 1. The summed E-state index contributed by atoms with van der Waals surface area (Å²) in [7, 11) is 0. The van der Waals surface area contributed by atoms with Crippen molar-refractivity contribution in [3.63, 3.8) is 0 Å². The van der Waals surface area contributed by atoms with Crippen LogP contribution in [0.15, 0.2) is 12.1 Å². The molecule has 0 saturated carbocycles. The smallest absolute Gasteiger partial charge is 0.161 e. The molecule has 0 spiro atoms. The van der Waals surface area contributed by atoms with Crippen molar-refractivity contribution in [2.45, 2.75) is 19.4 Å². The third-order valence-electron chi connectivity index (χ3n) is 3.58. The van der Waals surface area contributed by atoms with E-state index in [4.69, 9.17) is 14.6 Å². The molecule has 3 rings (SSSR count). The normalized spacial score (nSPS) is 19.2. The maximum absolute atomic E-state index is 9.01. The Morgan fingerprint density at radius 2 is 1.83 bits per heavy atom. The van der Waals surface area contributed by atoms with E-state index < -0.39 is 0 Å². The van der Waals surface area contributed by atoms with Crippen LogP contribution in [-0.4, -0.2) is 42.9 Å². The minimum Gasteiger partial charge on any atom is -0.490 e. The standard InChI is InChI=1S/C14H19NO3/c16-5-4-15-3-2-11-8-13-14(9-12(11)10-15)18-7-1-6-17-13/h8-9,16H,1-7,10H2. The zero-order valence-electron chi connectivity index (χ0n) is 10.5. The van der Waals surface area contributed by atoms with E-state index in [0.717, 1.165) is 57.2 Å². The summed E-state index contributed by atoms with van der Waals surface area (Å²) in [5.41, 5.74) is 2.66. The quantitative estimate of drug-likeness (QED) is 0.855. The van der Waals surface area contributed by atoms with Crippen molar-refractivity contribution in [2.75, 3.05) is 32.9 Å². The van der Waals surface area contributed by atoms with Gasteiger partial charge in [0.1, 0.15) is 0 Å². The van der Waals surface area contributed by atoms with E-state index in [9.17, 15) is 0 Å². The third kappa shape index (κ3) is 2.31. The molecule has 1 aromatic carbocycles. The largest absolute Gasteiger partial charge is 0.490 e. The molecule has 0 aliphatic carbocycles. The van der Waals surface area contributed by atoms with Gasteiger partial charge in [-0.2, -0.15) is 0 Å². The van der Waals surface area contributed by atoms with Crippen LogP contribution in [0.2, 0.25) is 0 Å². The zero-order valence-corrected chi connectivity index (χ0v) is 10.5. The lowest BCUT2D eigenvalue weighted by Crippen LogP contribution is -2.32. The van der Waals surface area contributed by atoms with Crippen molar-refractivity contribution in [1.29, 1.82) is 0 Å². The van der Waals surface area contributed by atoms with E-state index in [1.54, 1.807) is 0 Å². The lowest BCUT2D eigenvalue weighted by Gasteiger charge is -2.28. The van der Waals surface area contributed by atoms with Crippen LogP contribution in [0, 0.1) is 0 Å². The average molecular weight is 249 g/mol. The van der Waals surface area contributed by atoms with Crippen molar-refractivity contribution in [2.24, 2.45) is 0 Å². The molecule has 0 radical (unpaired) electrons. The predicted molar refractivity (Wildman–Crippen MR) is 68.1 cm³/mol. The molecule has 1 aromatic rings. The number of hydrogen-bond acceptors (Lipinski definition) is 4. The average Bonchev–Trinajstić information content (AvgIpc) is 2.61. The van der Waals surface area contributed by atoms with Crippen LogP contribution in [-0.2, 0) is 13.0 Å². The van der Waals surface area contributed by atoms with Crippen molar-refractivity contribution < 1.29 is 14.6 Å². The van der Waals surface area contributed by atoms with E-state index in [-0.39, 0.29) is 6.61 Å².